The minimum atomic E-state index is -2.74. The Balaban J connectivity index is 1.54. The van der Waals surface area contributed by atoms with E-state index in [0.29, 0.717) is 28.9 Å². The number of nitrogens with one attached hydrogen (secondary N) is 3. The largest absolute Gasteiger partial charge is 0.494 e. The van der Waals surface area contributed by atoms with E-state index >= 15 is 0 Å². The highest BCUT2D eigenvalue weighted by atomic mass is 16.5. The van der Waals surface area contributed by atoms with Crippen LogP contribution in [-0.2, 0) is 4.79 Å². The predicted octanol–water partition coefficient (Wildman–Crippen LogP) is 2.53. The summed E-state index contributed by atoms with van der Waals surface area (Å²) in [6, 6.07) is 5.63. The molecule has 33 heavy (non-hydrogen) atoms. The lowest BCUT2D eigenvalue weighted by Crippen LogP contribution is -2.23. The normalized spacial score (nSPS) is 16.8. The van der Waals surface area contributed by atoms with Crippen molar-refractivity contribution in [3.05, 3.63) is 36.4 Å². The van der Waals surface area contributed by atoms with E-state index in [1.165, 1.54) is 13.3 Å². The van der Waals surface area contributed by atoms with Gasteiger partial charge < -0.3 is 20.7 Å². The van der Waals surface area contributed by atoms with Crippen LogP contribution in [0.5, 0.6) is 5.75 Å². The van der Waals surface area contributed by atoms with Gasteiger partial charge in [0.25, 0.3) is 5.91 Å². The number of ether oxygens (including phenoxy) is 1. The number of methoxy groups -OCH3 is 1. The topological polar surface area (TPSA) is 136 Å². The third-order valence-electron chi connectivity index (χ3n) is 5.53. The maximum atomic E-state index is 12.8. The minimum absolute atomic E-state index is 0.0765. The van der Waals surface area contributed by atoms with Crippen molar-refractivity contribution in [2.75, 3.05) is 24.7 Å². The maximum Gasteiger partial charge on any atom is 0.273 e. The standard InChI is InChI=1S/C22H24N8O3/c1-23-22(32)18-17(16(10-25-28-18)27-21(31)12-6-7-12)26-15-5-3-4-14(19(15)33-2)20-24-11-30(29-20)13-8-9-13/h3-5,10-13H,6-9H2,1-2H3,(H,23,32)(H,25,26)(H,27,28,31)/i1D3. The molecule has 2 aromatic heterocycles. The lowest BCUT2D eigenvalue weighted by Gasteiger charge is -2.18. The smallest absolute Gasteiger partial charge is 0.273 e. The molecule has 2 fully saturated rings. The fraction of sp³-hybridized carbons (Fsp3) is 0.364. The third kappa shape index (κ3) is 4.21. The van der Waals surface area contributed by atoms with Crippen LogP contribution in [-0.4, -0.2) is 50.9 Å². The average Bonchev–Trinajstić information content (AvgIpc) is 3.77. The van der Waals surface area contributed by atoms with E-state index in [0.717, 1.165) is 25.7 Å². The van der Waals surface area contributed by atoms with E-state index in [9.17, 15) is 9.59 Å². The molecule has 0 spiro atoms. The third-order valence-corrected chi connectivity index (χ3v) is 5.53. The average molecular weight is 452 g/mol. The lowest BCUT2D eigenvalue weighted by molar-refractivity contribution is -0.117. The number of carbonyl (C=O) groups is 2. The number of amides is 2. The molecule has 0 unspecified atom stereocenters. The van der Waals surface area contributed by atoms with Crippen LogP contribution in [0, 0.1) is 5.92 Å². The van der Waals surface area contributed by atoms with Gasteiger partial charge in [0.15, 0.2) is 17.3 Å². The molecular formula is C22H24N8O3. The van der Waals surface area contributed by atoms with Crippen molar-refractivity contribution in [2.45, 2.75) is 31.7 Å². The van der Waals surface area contributed by atoms with Crippen LogP contribution >= 0.6 is 0 Å². The second kappa shape index (κ2) is 8.49. The van der Waals surface area contributed by atoms with Crippen molar-refractivity contribution in [1.82, 2.24) is 30.3 Å². The van der Waals surface area contributed by atoms with Crippen LogP contribution in [0.3, 0.4) is 0 Å². The van der Waals surface area contributed by atoms with Crippen LogP contribution in [0.4, 0.5) is 17.1 Å². The Hall–Kier alpha value is -4.02. The van der Waals surface area contributed by atoms with Crippen LogP contribution in [0.15, 0.2) is 30.7 Å². The van der Waals surface area contributed by atoms with Crippen molar-refractivity contribution < 1.29 is 18.4 Å². The Morgan fingerprint density at radius 2 is 2.06 bits per heavy atom. The lowest BCUT2D eigenvalue weighted by atomic mass is 10.1. The monoisotopic (exact) mass is 451 g/mol. The van der Waals surface area contributed by atoms with E-state index in [1.807, 2.05) is 10.00 Å². The molecule has 11 nitrogen and oxygen atoms in total. The van der Waals surface area contributed by atoms with Crippen molar-refractivity contribution in [3.63, 3.8) is 0 Å². The van der Waals surface area contributed by atoms with Crippen molar-refractivity contribution in [3.8, 4) is 17.1 Å². The number of carbonyl (C=O) groups excluding carboxylic acids is 2. The molecule has 0 bridgehead atoms. The van der Waals surface area contributed by atoms with Gasteiger partial charge in [0.1, 0.15) is 6.33 Å². The fourth-order valence-electron chi connectivity index (χ4n) is 3.49. The van der Waals surface area contributed by atoms with Gasteiger partial charge in [-0.15, -0.1) is 5.10 Å². The summed E-state index contributed by atoms with van der Waals surface area (Å²) < 4.78 is 29.7. The molecule has 2 saturated carbocycles. The van der Waals surface area contributed by atoms with Crippen LogP contribution in [0.25, 0.3) is 11.4 Å². The highest BCUT2D eigenvalue weighted by Crippen LogP contribution is 2.40. The quantitative estimate of drug-likeness (QED) is 0.475. The molecule has 11 heteroatoms. The summed E-state index contributed by atoms with van der Waals surface area (Å²) in [5.74, 6) is -0.449. The Bertz CT molecular complexity index is 1320. The Labute approximate surface area is 194 Å². The maximum absolute atomic E-state index is 12.8. The van der Waals surface area contributed by atoms with Crippen LogP contribution < -0.4 is 20.7 Å². The number of rotatable bonds is 8. The van der Waals surface area contributed by atoms with E-state index < -0.39 is 12.9 Å². The van der Waals surface area contributed by atoms with E-state index in [2.05, 4.69) is 30.9 Å². The molecule has 0 aliphatic heterocycles. The van der Waals surface area contributed by atoms with Gasteiger partial charge in [-0.2, -0.15) is 10.2 Å². The number of hydrogen-bond acceptors (Lipinski definition) is 8. The van der Waals surface area contributed by atoms with Crippen molar-refractivity contribution >= 4 is 28.9 Å². The second-order valence-electron chi connectivity index (χ2n) is 7.99. The van der Waals surface area contributed by atoms with Gasteiger partial charge in [0.2, 0.25) is 5.91 Å². The second-order valence-corrected chi connectivity index (χ2v) is 7.99. The Kier molecular flexibility index (Phi) is 4.51. The molecule has 170 valence electrons. The van der Waals surface area contributed by atoms with Gasteiger partial charge >= 0.3 is 0 Å². The number of nitrogens with zero attached hydrogens (tertiary/aromatic N) is 5. The van der Waals surface area contributed by atoms with Crippen molar-refractivity contribution in [1.29, 1.82) is 0 Å². The first-order chi connectivity index (χ1) is 17.2. The number of anilines is 3. The summed E-state index contributed by atoms with van der Waals surface area (Å²) in [6.45, 7) is -2.74. The Morgan fingerprint density at radius 1 is 1.21 bits per heavy atom. The molecule has 0 radical (unpaired) electrons. The highest BCUT2D eigenvalue weighted by molar-refractivity contribution is 6.05. The van der Waals surface area contributed by atoms with Gasteiger partial charge in [0.05, 0.1) is 42.0 Å². The molecule has 2 amide bonds. The molecule has 0 saturated heterocycles. The number of para-hydroxylation sites is 1. The zero-order chi connectivity index (χ0) is 25.4. The Morgan fingerprint density at radius 3 is 2.79 bits per heavy atom. The molecule has 0 atom stereocenters. The molecular weight excluding hydrogens is 424 g/mol. The van der Waals surface area contributed by atoms with Crippen molar-refractivity contribution in [2.24, 2.45) is 5.92 Å². The molecule has 2 heterocycles. The summed E-state index contributed by atoms with van der Waals surface area (Å²) in [7, 11) is 1.49. The summed E-state index contributed by atoms with van der Waals surface area (Å²) >= 11 is 0. The van der Waals surface area contributed by atoms with Gasteiger partial charge in [-0.05, 0) is 37.8 Å². The first-order valence-electron chi connectivity index (χ1n) is 12.1. The van der Waals surface area contributed by atoms with E-state index in [1.54, 1.807) is 24.5 Å². The van der Waals surface area contributed by atoms with E-state index in [4.69, 9.17) is 8.85 Å². The van der Waals surface area contributed by atoms with Gasteiger partial charge in [-0.3, -0.25) is 9.59 Å². The first kappa shape index (κ1) is 17.5. The summed E-state index contributed by atoms with van der Waals surface area (Å²) in [4.78, 5) is 29.7. The molecule has 5 rings (SSSR count). The fourth-order valence-corrected chi connectivity index (χ4v) is 3.49. The molecule has 2 aliphatic rings. The van der Waals surface area contributed by atoms with Gasteiger partial charge in [-0.1, -0.05) is 6.07 Å². The molecule has 3 aromatic rings. The first-order valence-corrected chi connectivity index (χ1v) is 10.6. The molecule has 3 N–H and O–H groups in total. The van der Waals surface area contributed by atoms with Crippen LogP contribution in [0.2, 0.25) is 0 Å². The summed E-state index contributed by atoms with van der Waals surface area (Å²) in [5.41, 5.74) is 0.994. The zero-order valence-electron chi connectivity index (χ0n) is 20.8. The number of aromatic nitrogens is 5. The molecule has 2 aliphatic carbocycles. The summed E-state index contributed by atoms with van der Waals surface area (Å²) in [6.07, 6.45) is 6.65. The van der Waals surface area contributed by atoms with Gasteiger partial charge in [-0.25, -0.2) is 9.67 Å². The number of hydrogen-bond donors (Lipinski definition) is 3. The highest BCUT2D eigenvalue weighted by Gasteiger charge is 2.31. The van der Waals surface area contributed by atoms with Crippen LogP contribution in [0.1, 0.15) is 46.3 Å². The summed E-state index contributed by atoms with van der Waals surface area (Å²) in [5, 5.41) is 20.0. The van der Waals surface area contributed by atoms with E-state index in [-0.39, 0.29) is 28.9 Å². The minimum Gasteiger partial charge on any atom is -0.494 e. The van der Waals surface area contributed by atoms with Gasteiger partial charge in [0, 0.05) is 17.0 Å². The SMILES string of the molecule is [2H]C([2H])([2H])NC(=O)c1nncc(NC(=O)C2CC2)c1Nc1cccc(-c2ncn(C3CC3)n2)c1OC. The molecule has 1 aromatic carbocycles. The predicted molar refractivity (Wildman–Crippen MR) is 120 cm³/mol. The zero-order valence-corrected chi connectivity index (χ0v) is 17.8. The number of benzene rings is 1.